The van der Waals surface area contributed by atoms with E-state index in [0.29, 0.717) is 6.54 Å². The number of nitrogens with zero attached hydrogens (tertiary/aromatic N) is 4. The minimum Gasteiger partial charge on any atom is -0.368 e. The predicted molar refractivity (Wildman–Crippen MR) is 75.9 cm³/mol. The number of aromatic nitrogens is 4. The maximum Gasteiger partial charge on any atom is 0.223 e. The summed E-state index contributed by atoms with van der Waals surface area (Å²) in [5.74, 6) is 1.76. The van der Waals surface area contributed by atoms with E-state index in [-0.39, 0.29) is 5.95 Å². The van der Waals surface area contributed by atoms with E-state index in [0.717, 1.165) is 27.6 Å². The smallest absolute Gasteiger partial charge is 0.223 e. The van der Waals surface area contributed by atoms with Crippen molar-refractivity contribution in [2.45, 2.75) is 13.5 Å². The standard InChI is InChI=1S/C12H12N6S/c1-7-14-4-2-8(16-7)6-15-10-9-3-5-19-11(9)18-12(13)17-10/h2-5H,6H2,1H3,(H3,13,15,17,18). The van der Waals surface area contributed by atoms with Crippen molar-refractivity contribution in [3.63, 3.8) is 0 Å². The fourth-order valence-corrected chi connectivity index (χ4v) is 2.56. The van der Waals surface area contributed by atoms with E-state index in [4.69, 9.17) is 5.73 Å². The van der Waals surface area contributed by atoms with E-state index < -0.39 is 0 Å². The first-order valence-electron chi connectivity index (χ1n) is 5.75. The Balaban J connectivity index is 1.87. The quantitative estimate of drug-likeness (QED) is 0.757. The minimum absolute atomic E-state index is 0.274. The van der Waals surface area contributed by atoms with Crippen LogP contribution in [0.15, 0.2) is 23.7 Å². The number of hydrogen-bond acceptors (Lipinski definition) is 7. The highest BCUT2D eigenvalue weighted by molar-refractivity contribution is 7.16. The Bertz CT molecular complexity index is 723. The van der Waals surface area contributed by atoms with Crippen LogP contribution in [0.3, 0.4) is 0 Å². The van der Waals surface area contributed by atoms with Gasteiger partial charge in [0.25, 0.3) is 0 Å². The van der Waals surface area contributed by atoms with Crippen LogP contribution in [0.1, 0.15) is 11.5 Å². The first-order chi connectivity index (χ1) is 9.22. The molecule has 3 heterocycles. The average molecular weight is 272 g/mol. The summed E-state index contributed by atoms with van der Waals surface area (Å²) < 4.78 is 0. The van der Waals surface area contributed by atoms with Gasteiger partial charge in [-0.25, -0.2) is 15.0 Å². The van der Waals surface area contributed by atoms with Crippen LogP contribution in [0.2, 0.25) is 0 Å². The first-order valence-corrected chi connectivity index (χ1v) is 6.63. The highest BCUT2D eigenvalue weighted by Crippen LogP contribution is 2.25. The van der Waals surface area contributed by atoms with Crippen molar-refractivity contribution in [3.8, 4) is 0 Å². The summed E-state index contributed by atoms with van der Waals surface area (Å²) in [6, 6.07) is 3.85. The van der Waals surface area contributed by atoms with Crippen LogP contribution in [0, 0.1) is 6.92 Å². The van der Waals surface area contributed by atoms with Gasteiger partial charge in [-0.05, 0) is 24.4 Å². The van der Waals surface area contributed by atoms with E-state index in [2.05, 4.69) is 25.3 Å². The molecular formula is C12H12N6S. The number of hydrogen-bond donors (Lipinski definition) is 2. The van der Waals surface area contributed by atoms with Gasteiger partial charge in [0.1, 0.15) is 16.5 Å². The molecule has 0 aliphatic carbocycles. The van der Waals surface area contributed by atoms with E-state index in [1.807, 2.05) is 24.4 Å². The second-order valence-electron chi connectivity index (χ2n) is 4.02. The Kier molecular flexibility index (Phi) is 2.96. The third-order valence-corrected chi connectivity index (χ3v) is 3.42. The molecule has 0 saturated carbocycles. The normalized spacial score (nSPS) is 10.8. The van der Waals surface area contributed by atoms with Gasteiger partial charge in [0.05, 0.1) is 17.6 Å². The number of nitrogens with two attached hydrogens (primary N) is 1. The summed E-state index contributed by atoms with van der Waals surface area (Å²) in [6.45, 7) is 2.44. The molecule has 0 amide bonds. The van der Waals surface area contributed by atoms with Crippen molar-refractivity contribution < 1.29 is 0 Å². The van der Waals surface area contributed by atoms with Gasteiger partial charge in [-0.15, -0.1) is 11.3 Å². The monoisotopic (exact) mass is 272 g/mol. The molecule has 0 saturated heterocycles. The zero-order valence-electron chi connectivity index (χ0n) is 10.3. The molecule has 19 heavy (non-hydrogen) atoms. The molecule has 0 aliphatic heterocycles. The summed E-state index contributed by atoms with van der Waals surface area (Å²) in [7, 11) is 0. The maximum atomic E-state index is 5.70. The third-order valence-electron chi connectivity index (χ3n) is 2.61. The van der Waals surface area contributed by atoms with Crippen molar-refractivity contribution >= 4 is 33.3 Å². The molecule has 0 aliphatic rings. The highest BCUT2D eigenvalue weighted by atomic mass is 32.1. The molecule has 0 fully saturated rings. The predicted octanol–water partition coefficient (Wildman–Crippen LogP) is 1.98. The van der Waals surface area contributed by atoms with Crippen LogP contribution < -0.4 is 11.1 Å². The van der Waals surface area contributed by atoms with Crippen LogP contribution in [-0.4, -0.2) is 19.9 Å². The molecule has 0 unspecified atom stereocenters. The van der Waals surface area contributed by atoms with Crippen LogP contribution >= 0.6 is 11.3 Å². The number of thiophene rings is 1. The van der Waals surface area contributed by atoms with Gasteiger partial charge in [-0.2, -0.15) is 4.98 Å². The maximum absolute atomic E-state index is 5.70. The van der Waals surface area contributed by atoms with Crippen LogP contribution in [0.25, 0.3) is 10.2 Å². The van der Waals surface area contributed by atoms with Crippen molar-refractivity contribution in [1.82, 2.24) is 19.9 Å². The summed E-state index contributed by atoms with van der Waals surface area (Å²) >= 11 is 1.54. The number of nitrogens with one attached hydrogen (secondary N) is 1. The highest BCUT2D eigenvalue weighted by Gasteiger charge is 2.07. The summed E-state index contributed by atoms with van der Waals surface area (Å²) in [4.78, 5) is 17.7. The number of rotatable bonds is 3. The SMILES string of the molecule is Cc1nccc(CNc2nc(N)nc3sccc23)n1. The Hall–Kier alpha value is -2.28. The van der Waals surface area contributed by atoms with Crippen molar-refractivity contribution in [3.05, 3.63) is 35.2 Å². The molecule has 0 aromatic carbocycles. The zero-order chi connectivity index (χ0) is 13.2. The van der Waals surface area contributed by atoms with Crippen LogP contribution in [0.4, 0.5) is 11.8 Å². The average Bonchev–Trinajstić information content (AvgIpc) is 2.84. The lowest BCUT2D eigenvalue weighted by molar-refractivity contribution is 0.951. The van der Waals surface area contributed by atoms with Crippen molar-refractivity contribution in [2.75, 3.05) is 11.1 Å². The molecular weight excluding hydrogens is 260 g/mol. The molecule has 3 rings (SSSR count). The van der Waals surface area contributed by atoms with Gasteiger partial charge < -0.3 is 11.1 Å². The van der Waals surface area contributed by atoms with Gasteiger partial charge in [-0.3, -0.25) is 0 Å². The van der Waals surface area contributed by atoms with Gasteiger partial charge in [0.15, 0.2) is 0 Å². The number of aryl methyl sites for hydroxylation is 1. The third kappa shape index (κ3) is 2.45. The summed E-state index contributed by atoms with van der Waals surface area (Å²) in [5.41, 5.74) is 6.61. The van der Waals surface area contributed by atoms with Gasteiger partial charge >= 0.3 is 0 Å². The second kappa shape index (κ2) is 4.77. The number of fused-ring (bicyclic) bond motifs is 1. The summed E-state index contributed by atoms with van der Waals surface area (Å²) in [5, 5.41) is 6.19. The Morgan fingerprint density at radius 1 is 1.26 bits per heavy atom. The van der Waals surface area contributed by atoms with Crippen LogP contribution in [-0.2, 0) is 6.54 Å². The number of nitrogen functional groups attached to an aromatic ring is 1. The van der Waals surface area contributed by atoms with E-state index in [9.17, 15) is 0 Å². The fraction of sp³-hybridized carbons (Fsp3) is 0.167. The van der Waals surface area contributed by atoms with Gasteiger partial charge in [0.2, 0.25) is 5.95 Å². The molecule has 0 atom stereocenters. The molecule has 0 spiro atoms. The van der Waals surface area contributed by atoms with Crippen molar-refractivity contribution in [2.24, 2.45) is 0 Å². The first kappa shape index (κ1) is 11.8. The lowest BCUT2D eigenvalue weighted by Gasteiger charge is -2.07. The van der Waals surface area contributed by atoms with E-state index in [1.54, 1.807) is 17.5 Å². The molecule has 6 nitrogen and oxygen atoms in total. The van der Waals surface area contributed by atoms with Crippen molar-refractivity contribution in [1.29, 1.82) is 0 Å². The topological polar surface area (TPSA) is 89.6 Å². The molecule has 3 N–H and O–H groups in total. The molecule has 3 aromatic heterocycles. The Morgan fingerprint density at radius 2 is 2.16 bits per heavy atom. The van der Waals surface area contributed by atoms with Crippen LogP contribution in [0.5, 0.6) is 0 Å². The van der Waals surface area contributed by atoms with Gasteiger partial charge in [0, 0.05) is 6.20 Å². The molecule has 0 bridgehead atoms. The van der Waals surface area contributed by atoms with Gasteiger partial charge in [-0.1, -0.05) is 0 Å². The van der Waals surface area contributed by atoms with E-state index in [1.165, 1.54) is 0 Å². The second-order valence-corrected chi connectivity index (χ2v) is 4.91. The minimum atomic E-state index is 0.274. The zero-order valence-corrected chi connectivity index (χ0v) is 11.1. The lowest BCUT2D eigenvalue weighted by atomic mass is 10.3. The fourth-order valence-electron chi connectivity index (χ4n) is 1.78. The largest absolute Gasteiger partial charge is 0.368 e. The summed E-state index contributed by atoms with van der Waals surface area (Å²) in [6.07, 6.45) is 1.74. The van der Waals surface area contributed by atoms with E-state index >= 15 is 0 Å². The Labute approximate surface area is 113 Å². The number of anilines is 2. The lowest BCUT2D eigenvalue weighted by Crippen LogP contribution is -2.06. The Morgan fingerprint density at radius 3 is 3.00 bits per heavy atom. The molecule has 7 heteroatoms. The molecule has 0 radical (unpaired) electrons. The molecule has 96 valence electrons. The molecule has 3 aromatic rings.